The molecule has 2 aliphatic rings. The summed E-state index contributed by atoms with van der Waals surface area (Å²) in [4.78, 5) is 0. The van der Waals surface area contributed by atoms with Crippen LogP contribution in [0.1, 0.15) is 49.1 Å². The number of aryl methyl sites for hydroxylation is 2. The van der Waals surface area contributed by atoms with E-state index in [0.29, 0.717) is 6.04 Å². The van der Waals surface area contributed by atoms with Crippen LogP contribution in [0.3, 0.4) is 0 Å². The Morgan fingerprint density at radius 1 is 1.23 bits per heavy atom. The number of ether oxygens (including phenoxy) is 2. The fourth-order valence-electron chi connectivity index (χ4n) is 3.72. The second kappa shape index (κ2) is 7.11. The van der Waals surface area contributed by atoms with Crippen LogP contribution < -0.4 is 5.32 Å². The van der Waals surface area contributed by atoms with Crippen molar-refractivity contribution < 1.29 is 14.0 Å². The Kier molecular flexibility index (Phi) is 5.16. The van der Waals surface area contributed by atoms with Gasteiger partial charge >= 0.3 is 0 Å². The van der Waals surface area contributed by atoms with Crippen LogP contribution in [0, 0.1) is 13.8 Å². The predicted octanol–water partition coefficient (Wildman–Crippen LogP) is 2.54. The van der Waals surface area contributed by atoms with Gasteiger partial charge < -0.3 is 19.3 Å². The lowest BCUT2D eigenvalue weighted by molar-refractivity contribution is -0.140. The first-order valence-electron chi connectivity index (χ1n) is 8.55. The lowest BCUT2D eigenvalue weighted by Crippen LogP contribution is -2.50. The van der Waals surface area contributed by atoms with Gasteiger partial charge in [-0.3, -0.25) is 0 Å². The van der Waals surface area contributed by atoms with Gasteiger partial charge in [0.2, 0.25) is 0 Å². The summed E-state index contributed by atoms with van der Waals surface area (Å²) in [6, 6.07) is 0.580. The zero-order valence-electron chi connectivity index (χ0n) is 13.8. The summed E-state index contributed by atoms with van der Waals surface area (Å²) in [5.74, 6) is 0.963. The fourth-order valence-corrected chi connectivity index (χ4v) is 3.72. The summed E-state index contributed by atoms with van der Waals surface area (Å²) in [5.41, 5.74) is 2.38. The number of rotatable bonds is 5. The average Bonchev–Trinajstić information content (AvgIpc) is 2.84. The molecular weight excluding hydrogens is 280 g/mol. The van der Waals surface area contributed by atoms with Crippen molar-refractivity contribution in [1.82, 2.24) is 10.5 Å². The van der Waals surface area contributed by atoms with Gasteiger partial charge in [-0.05, 0) is 58.9 Å². The second-order valence-corrected chi connectivity index (χ2v) is 6.69. The molecule has 0 aromatic carbocycles. The van der Waals surface area contributed by atoms with Crippen LogP contribution in [-0.4, -0.2) is 43.2 Å². The van der Waals surface area contributed by atoms with Gasteiger partial charge in [-0.25, -0.2) is 0 Å². The van der Waals surface area contributed by atoms with E-state index in [4.69, 9.17) is 14.0 Å². The second-order valence-electron chi connectivity index (χ2n) is 6.69. The number of hydrogen-bond donors (Lipinski definition) is 1. The van der Waals surface area contributed by atoms with Crippen LogP contribution in [0.15, 0.2) is 4.52 Å². The molecule has 3 heterocycles. The van der Waals surface area contributed by atoms with Crippen molar-refractivity contribution in [3.05, 3.63) is 17.0 Å². The van der Waals surface area contributed by atoms with Crippen LogP contribution >= 0.6 is 0 Å². The summed E-state index contributed by atoms with van der Waals surface area (Å²) in [6.45, 7) is 7.63. The maximum absolute atomic E-state index is 6.09. The molecule has 1 aromatic heterocycles. The van der Waals surface area contributed by atoms with Gasteiger partial charge in [0.25, 0.3) is 0 Å². The Morgan fingerprint density at radius 2 is 2.05 bits per heavy atom. The number of hydrogen-bond acceptors (Lipinski definition) is 5. The molecule has 2 fully saturated rings. The van der Waals surface area contributed by atoms with Gasteiger partial charge in [0, 0.05) is 31.4 Å². The Balaban J connectivity index is 1.42. The molecule has 0 amide bonds. The van der Waals surface area contributed by atoms with Crippen molar-refractivity contribution >= 4 is 0 Å². The minimum absolute atomic E-state index is 0.0792. The van der Waals surface area contributed by atoms with Crippen molar-refractivity contribution in [1.29, 1.82) is 0 Å². The molecule has 2 saturated heterocycles. The molecular formula is C17H28N2O3. The predicted molar refractivity (Wildman–Crippen MR) is 84.1 cm³/mol. The summed E-state index contributed by atoms with van der Waals surface area (Å²) in [6.07, 6.45) is 6.50. The van der Waals surface area contributed by atoms with E-state index >= 15 is 0 Å². The summed E-state index contributed by atoms with van der Waals surface area (Å²) >= 11 is 0. The van der Waals surface area contributed by atoms with Gasteiger partial charge in [0.15, 0.2) is 0 Å². The molecule has 0 unspecified atom stereocenters. The van der Waals surface area contributed by atoms with Crippen molar-refractivity contribution in [2.45, 2.75) is 64.0 Å². The molecule has 5 nitrogen and oxygen atoms in total. The van der Waals surface area contributed by atoms with E-state index in [-0.39, 0.29) is 5.60 Å². The van der Waals surface area contributed by atoms with Crippen LogP contribution in [0.25, 0.3) is 0 Å². The van der Waals surface area contributed by atoms with Crippen LogP contribution in [0.5, 0.6) is 0 Å². The van der Waals surface area contributed by atoms with E-state index in [1.165, 1.54) is 5.56 Å². The Hall–Kier alpha value is -0.910. The highest BCUT2D eigenvalue weighted by molar-refractivity contribution is 5.20. The quantitative estimate of drug-likeness (QED) is 0.847. The third kappa shape index (κ3) is 3.70. The number of aromatic nitrogens is 1. The van der Waals surface area contributed by atoms with Crippen molar-refractivity contribution in [3.8, 4) is 0 Å². The summed E-state index contributed by atoms with van der Waals surface area (Å²) in [7, 11) is 0. The third-order valence-electron chi connectivity index (χ3n) is 5.11. The molecule has 0 radical (unpaired) electrons. The average molecular weight is 308 g/mol. The van der Waals surface area contributed by atoms with Crippen molar-refractivity contribution in [3.63, 3.8) is 0 Å². The number of nitrogens with one attached hydrogen (secondary N) is 1. The molecule has 3 rings (SSSR count). The van der Waals surface area contributed by atoms with E-state index in [1.807, 2.05) is 13.8 Å². The van der Waals surface area contributed by atoms with Gasteiger partial charge in [-0.1, -0.05) is 5.16 Å². The molecule has 1 aromatic rings. The van der Waals surface area contributed by atoms with Gasteiger partial charge in [-0.2, -0.15) is 0 Å². The fraction of sp³-hybridized carbons (Fsp3) is 0.824. The first-order valence-corrected chi connectivity index (χ1v) is 8.55. The molecule has 22 heavy (non-hydrogen) atoms. The van der Waals surface area contributed by atoms with Crippen LogP contribution in [-0.2, 0) is 15.9 Å². The minimum atomic E-state index is 0.0792. The largest absolute Gasteiger partial charge is 0.381 e. The maximum Gasteiger partial charge on any atom is 0.137 e. The zero-order valence-corrected chi connectivity index (χ0v) is 13.8. The first kappa shape index (κ1) is 16.0. The first-order chi connectivity index (χ1) is 10.7. The highest BCUT2D eigenvalue weighted by Crippen LogP contribution is 2.34. The molecule has 1 atom stereocenters. The Morgan fingerprint density at radius 3 is 2.77 bits per heavy atom. The lowest BCUT2D eigenvalue weighted by Gasteiger charge is -2.43. The zero-order chi connectivity index (χ0) is 15.4. The van der Waals surface area contributed by atoms with E-state index in [9.17, 15) is 0 Å². The molecule has 1 spiro atoms. The van der Waals surface area contributed by atoms with Gasteiger partial charge in [0.05, 0.1) is 11.3 Å². The summed E-state index contributed by atoms with van der Waals surface area (Å²) in [5, 5.41) is 7.74. The monoisotopic (exact) mass is 308 g/mol. The molecule has 0 aliphatic carbocycles. The van der Waals surface area contributed by atoms with Crippen molar-refractivity contribution in [2.75, 3.05) is 26.4 Å². The SMILES string of the molecule is Cc1noc(C)c1CCCN[C@@H]1CCOC2(CCOCC2)C1. The number of nitrogens with zero attached hydrogens (tertiary/aromatic N) is 1. The molecule has 2 aliphatic heterocycles. The molecule has 0 bridgehead atoms. The van der Waals surface area contributed by atoms with E-state index in [2.05, 4.69) is 10.5 Å². The summed E-state index contributed by atoms with van der Waals surface area (Å²) < 4.78 is 16.8. The van der Waals surface area contributed by atoms with Gasteiger partial charge in [-0.15, -0.1) is 0 Å². The maximum atomic E-state index is 6.09. The van der Waals surface area contributed by atoms with E-state index in [1.54, 1.807) is 0 Å². The van der Waals surface area contributed by atoms with Crippen LogP contribution in [0.4, 0.5) is 0 Å². The van der Waals surface area contributed by atoms with Crippen LogP contribution in [0.2, 0.25) is 0 Å². The highest BCUT2D eigenvalue weighted by atomic mass is 16.5. The molecule has 5 heteroatoms. The Bertz CT molecular complexity index is 455. The minimum Gasteiger partial charge on any atom is -0.381 e. The normalized spacial score (nSPS) is 24.7. The molecule has 124 valence electrons. The topological polar surface area (TPSA) is 56.5 Å². The highest BCUT2D eigenvalue weighted by Gasteiger charge is 2.38. The lowest BCUT2D eigenvalue weighted by atomic mass is 9.84. The Labute approximate surface area is 132 Å². The third-order valence-corrected chi connectivity index (χ3v) is 5.11. The van der Waals surface area contributed by atoms with E-state index in [0.717, 1.165) is 76.3 Å². The molecule has 1 N–H and O–H groups in total. The van der Waals surface area contributed by atoms with Gasteiger partial charge in [0.1, 0.15) is 5.76 Å². The van der Waals surface area contributed by atoms with E-state index < -0.39 is 0 Å². The smallest absolute Gasteiger partial charge is 0.137 e. The van der Waals surface area contributed by atoms with Crippen molar-refractivity contribution in [2.24, 2.45) is 0 Å². The molecule has 0 saturated carbocycles. The standard InChI is InChI=1S/C17H28N2O3/c1-13-16(14(2)22-19-13)4-3-8-18-15-5-9-21-17(12-15)6-10-20-11-7-17/h15,18H,3-12H2,1-2H3/t15-/m1/s1.